The van der Waals surface area contributed by atoms with E-state index >= 15 is 0 Å². The van der Waals surface area contributed by atoms with E-state index in [0.29, 0.717) is 17.3 Å². The molecule has 28 heavy (non-hydrogen) atoms. The Hall–Kier alpha value is -2.31. The first-order chi connectivity index (χ1) is 13.3. The van der Waals surface area contributed by atoms with Gasteiger partial charge in [-0.1, -0.05) is 29.8 Å². The third kappa shape index (κ3) is 4.75. The lowest BCUT2D eigenvalue weighted by Crippen LogP contribution is -2.42. The number of carbonyl (C=O) groups excluding carboxylic acids is 1. The van der Waals surface area contributed by atoms with Crippen molar-refractivity contribution in [2.45, 2.75) is 26.3 Å². The van der Waals surface area contributed by atoms with E-state index in [-0.39, 0.29) is 18.1 Å². The Kier molecular flexibility index (Phi) is 6.10. The van der Waals surface area contributed by atoms with Crippen molar-refractivity contribution in [3.63, 3.8) is 0 Å². The average molecular weight is 420 g/mol. The second-order valence-electron chi connectivity index (χ2n) is 6.68. The molecule has 0 aliphatic carbocycles. The average Bonchev–Trinajstić information content (AvgIpc) is 2.99. The summed E-state index contributed by atoms with van der Waals surface area (Å²) in [4.78, 5) is 14.7. The van der Waals surface area contributed by atoms with E-state index in [1.807, 2.05) is 44.2 Å². The van der Waals surface area contributed by atoms with Crippen LogP contribution in [-0.4, -0.2) is 32.7 Å². The van der Waals surface area contributed by atoms with Crippen molar-refractivity contribution in [3.8, 4) is 5.75 Å². The minimum Gasteiger partial charge on any atom is -0.494 e. The van der Waals surface area contributed by atoms with E-state index < -0.39 is 15.9 Å². The van der Waals surface area contributed by atoms with Gasteiger partial charge >= 0.3 is 0 Å². The van der Waals surface area contributed by atoms with Gasteiger partial charge in [-0.05, 0) is 55.3 Å². The van der Waals surface area contributed by atoms with Gasteiger partial charge in [0.05, 0.1) is 24.8 Å². The number of rotatable bonds is 6. The van der Waals surface area contributed by atoms with E-state index in [1.54, 1.807) is 18.2 Å². The van der Waals surface area contributed by atoms with Crippen LogP contribution >= 0.6 is 11.6 Å². The lowest BCUT2D eigenvalue weighted by molar-refractivity contribution is -0.118. The molecule has 0 saturated carbocycles. The van der Waals surface area contributed by atoms with Crippen LogP contribution in [0.1, 0.15) is 18.1 Å². The summed E-state index contributed by atoms with van der Waals surface area (Å²) in [6.07, 6.45) is 1.70. The van der Waals surface area contributed by atoms with Crippen LogP contribution in [0.3, 0.4) is 0 Å². The number of hydrogen-bond donors (Lipinski definition) is 0. The summed E-state index contributed by atoms with van der Waals surface area (Å²) in [5.74, 6) is 0.412. The molecule has 5 nitrogen and oxygen atoms in total. The fourth-order valence-electron chi connectivity index (χ4n) is 3.10. The smallest absolute Gasteiger partial charge is 0.231 e. The fraction of sp³-hybridized carbons (Fsp3) is 0.286. The molecular formula is C21H22ClNO4S. The van der Waals surface area contributed by atoms with Crippen molar-refractivity contribution in [2.24, 2.45) is 0 Å². The summed E-state index contributed by atoms with van der Waals surface area (Å²) < 4.78 is 29.3. The first kappa shape index (κ1) is 20.4. The number of amides is 1. The molecule has 148 valence electrons. The minimum absolute atomic E-state index is 0.131. The highest BCUT2D eigenvalue weighted by molar-refractivity contribution is 7.94. The molecule has 0 fully saturated rings. The van der Waals surface area contributed by atoms with Crippen molar-refractivity contribution in [3.05, 3.63) is 70.1 Å². The molecule has 0 bridgehead atoms. The molecule has 2 aromatic rings. The Bertz CT molecular complexity index is 1000. The normalized spacial score (nSPS) is 17.5. The first-order valence-electron chi connectivity index (χ1n) is 9.00. The molecule has 7 heteroatoms. The van der Waals surface area contributed by atoms with Crippen molar-refractivity contribution >= 4 is 33.0 Å². The van der Waals surface area contributed by atoms with Crippen LogP contribution in [0, 0.1) is 6.92 Å². The molecule has 0 aromatic heterocycles. The predicted molar refractivity (Wildman–Crippen MR) is 112 cm³/mol. The zero-order chi connectivity index (χ0) is 20.3. The number of carbonyl (C=O) groups is 1. The van der Waals surface area contributed by atoms with E-state index in [2.05, 4.69) is 0 Å². The van der Waals surface area contributed by atoms with Gasteiger partial charge in [0, 0.05) is 16.1 Å². The standard InChI is InChI=1S/C21H22ClNO4S/c1-3-27-19-8-5-16(6-9-19)12-21(24)23(18-10-11-28(25,26)14-18)17-7-4-15(2)20(22)13-17/h4-11,13,18H,3,12,14H2,1-2H3. The molecule has 1 aliphatic rings. The molecule has 1 aliphatic heterocycles. The summed E-state index contributed by atoms with van der Waals surface area (Å²) in [6, 6.07) is 12.1. The quantitative estimate of drug-likeness (QED) is 0.711. The maximum Gasteiger partial charge on any atom is 0.231 e. The molecule has 1 amide bonds. The molecular weight excluding hydrogens is 398 g/mol. The van der Waals surface area contributed by atoms with Crippen LogP contribution in [0.2, 0.25) is 5.02 Å². The van der Waals surface area contributed by atoms with Crippen molar-refractivity contribution in [2.75, 3.05) is 17.3 Å². The van der Waals surface area contributed by atoms with Gasteiger partial charge in [0.25, 0.3) is 0 Å². The number of nitrogens with zero attached hydrogens (tertiary/aromatic N) is 1. The van der Waals surface area contributed by atoms with Crippen molar-refractivity contribution < 1.29 is 17.9 Å². The number of benzene rings is 2. The highest BCUT2D eigenvalue weighted by Crippen LogP contribution is 2.28. The van der Waals surface area contributed by atoms with E-state index in [9.17, 15) is 13.2 Å². The predicted octanol–water partition coefficient (Wildman–Crippen LogP) is 3.93. The van der Waals surface area contributed by atoms with Crippen molar-refractivity contribution in [1.82, 2.24) is 0 Å². The summed E-state index contributed by atoms with van der Waals surface area (Å²) in [6.45, 7) is 4.35. The van der Waals surface area contributed by atoms with Gasteiger partial charge in [-0.25, -0.2) is 8.42 Å². The highest BCUT2D eigenvalue weighted by atomic mass is 35.5. The topological polar surface area (TPSA) is 63.7 Å². The summed E-state index contributed by atoms with van der Waals surface area (Å²) in [5, 5.41) is 1.70. The van der Waals surface area contributed by atoms with Gasteiger partial charge in [0.2, 0.25) is 5.91 Å². The van der Waals surface area contributed by atoms with Gasteiger partial charge in [-0.15, -0.1) is 0 Å². The second kappa shape index (κ2) is 8.37. The third-order valence-electron chi connectivity index (χ3n) is 4.53. The Balaban J connectivity index is 1.88. The Morgan fingerprint density at radius 1 is 1.21 bits per heavy atom. The second-order valence-corrected chi connectivity index (χ2v) is 9.01. The van der Waals surface area contributed by atoms with Crippen LogP contribution in [0.15, 0.2) is 53.9 Å². The lowest BCUT2D eigenvalue weighted by atomic mass is 10.1. The SMILES string of the molecule is CCOc1ccc(CC(=O)N(c2ccc(C)c(Cl)c2)C2C=CS(=O)(=O)C2)cc1. The van der Waals surface area contributed by atoms with Crippen LogP contribution < -0.4 is 9.64 Å². The summed E-state index contributed by atoms with van der Waals surface area (Å²) in [5.41, 5.74) is 2.29. The third-order valence-corrected chi connectivity index (χ3v) is 6.32. The van der Waals surface area contributed by atoms with Crippen LogP contribution in [0.4, 0.5) is 5.69 Å². The molecule has 1 unspecified atom stereocenters. The van der Waals surface area contributed by atoms with Crippen LogP contribution in [-0.2, 0) is 21.1 Å². The van der Waals surface area contributed by atoms with Gasteiger partial charge in [-0.2, -0.15) is 0 Å². The zero-order valence-electron chi connectivity index (χ0n) is 15.8. The number of halogens is 1. The van der Waals surface area contributed by atoms with Gasteiger partial charge < -0.3 is 9.64 Å². The number of hydrogen-bond acceptors (Lipinski definition) is 4. The number of ether oxygens (including phenoxy) is 1. The Labute approximate surface area is 170 Å². The molecule has 0 saturated heterocycles. The molecule has 0 spiro atoms. The number of aryl methyl sites for hydroxylation is 1. The highest BCUT2D eigenvalue weighted by Gasteiger charge is 2.31. The molecule has 3 rings (SSSR count). The first-order valence-corrected chi connectivity index (χ1v) is 11.1. The Morgan fingerprint density at radius 2 is 1.93 bits per heavy atom. The van der Waals surface area contributed by atoms with Gasteiger partial charge in [-0.3, -0.25) is 4.79 Å². The largest absolute Gasteiger partial charge is 0.494 e. The lowest BCUT2D eigenvalue weighted by Gasteiger charge is -2.28. The monoisotopic (exact) mass is 419 g/mol. The van der Waals surface area contributed by atoms with Gasteiger partial charge in [0.15, 0.2) is 9.84 Å². The molecule has 0 N–H and O–H groups in total. The van der Waals surface area contributed by atoms with Crippen LogP contribution in [0.5, 0.6) is 5.75 Å². The minimum atomic E-state index is -3.31. The maximum atomic E-state index is 13.1. The van der Waals surface area contributed by atoms with E-state index in [4.69, 9.17) is 16.3 Å². The molecule has 1 atom stereocenters. The van der Waals surface area contributed by atoms with Gasteiger partial charge in [0.1, 0.15) is 5.75 Å². The fourth-order valence-corrected chi connectivity index (χ4v) is 4.55. The van der Waals surface area contributed by atoms with E-state index in [1.165, 1.54) is 10.3 Å². The number of anilines is 1. The number of sulfone groups is 1. The molecule has 0 radical (unpaired) electrons. The molecule has 1 heterocycles. The Morgan fingerprint density at radius 3 is 2.50 bits per heavy atom. The maximum absolute atomic E-state index is 13.1. The summed E-state index contributed by atoms with van der Waals surface area (Å²) in [7, 11) is -3.31. The van der Waals surface area contributed by atoms with Crippen molar-refractivity contribution in [1.29, 1.82) is 0 Å². The van der Waals surface area contributed by atoms with E-state index in [0.717, 1.165) is 16.9 Å². The molecule has 2 aromatic carbocycles. The zero-order valence-corrected chi connectivity index (χ0v) is 17.3. The summed E-state index contributed by atoms with van der Waals surface area (Å²) >= 11 is 6.24. The van der Waals surface area contributed by atoms with Crippen LogP contribution in [0.25, 0.3) is 0 Å².